The summed E-state index contributed by atoms with van der Waals surface area (Å²) in [6.07, 6.45) is 0. The number of hydrogen-bond donors (Lipinski definition) is 1. The number of fused-ring (bicyclic) bond motifs is 1. The fourth-order valence-corrected chi connectivity index (χ4v) is 2.34. The Hall–Kier alpha value is -2.50. The Balaban J connectivity index is 2.04. The van der Waals surface area contributed by atoms with E-state index >= 15 is 0 Å². The first-order valence-corrected chi connectivity index (χ1v) is 6.85. The highest BCUT2D eigenvalue weighted by Crippen LogP contribution is 2.26. The molecule has 6 nitrogen and oxygen atoms in total. The molecule has 0 spiro atoms. The zero-order valence-corrected chi connectivity index (χ0v) is 12.5. The minimum Gasteiger partial charge on any atom is -0.360 e. The lowest BCUT2D eigenvalue weighted by Gasteiger charge is -2.14. The third kappa shape index (κ3) is 2.56. The van der Waals surface area contributed by atoms with Crippen LogP contribution in [0.2, 0.25) is 0 Å². The smallest absolute Gasteiger partial charge is 0.223 e. The highest BCUT2D eigenvalue weighted by molar-refractivity contribution is 5.92. The van der Waals surface area contributed by atoms with Gasteiger partial charge in [0.25, 0.3) is 0 Å². The van der Waals surface area contributed by atoms with Crippen molar-refractivity contribution in [3.63, 3.8) is 0 Å². The molecule has 1 N–H and O–H groups in total. The summed E-state index contributed by atoms with van der Waals surface area (Å²) in [7, 11) is 0. The number of hydrogen-bond acceptors (Lipinski definition) is 6. The van der Waals surface area contributed by atoms with Crippen LogP contribution in [0.1, 0.15) is 36.1 Å². The van der Waals surface area contributed by atoms with Crippen LogP contribution in [0.5, 0.6) is 0 Å². The van der Waals surface area contributed by atoms with Gasteiger partial charge in [0, 0.05) is 12.3 Å². The predicted molar refractivity (Wildman–Crippen MR) is 80.1 cm³/mol. The van der Waals surface area contributed by atoms with Crippen LogP contribution in [0.25, 0.3) is 10.9 Å². The molecule has 1 atom stereocenters. The average Bonchev–Trinajstić information content (AvgIpc) is 2.85. The Bertz CT molecular complexity index is 796. The Kier molecular flexibility index (Phi) is 3.29. The van der Waals surface area contributed by atoms with Gasteiger partial charge in [-0.15, -0.1) is 0 Å². The second kappa shape index (κ2) is 5.12. The van der Waals surface area contributed by atoms with Crippen molar-refractivity contribution >= 4 is 16.7 Å². The average molecular weight is 283 g/mol. The molecule has 0 aliphatic carbocycles. The molecule has 108 valence electrons. The minimum atomic E-state index is -0.0976. The molecule has 1 aromatic carbocycles. The molecule has 6 heteroatoms. The number of aromatic nitrogens is 4. The van der Waals surface area contributed by atoms with Crippen molar-refractivity contribution in [2.45, 2.75) is 33.7 Å². The van der Waals surface area contributed by atoms with Gasteiger partial charge in [0.15, 0.2) is 5.82 Å². The third-order valence-corrected chi connectivity index (χ3v) is 3.33. The van der Waals surface area contributed by atoms with Gasteiger partial charge in [-0.25, -0.2) is 9.97 Å². The van der Waals surface area contributed by atoms with Crippen LogP contribution in [0.4, 0.5) is 5.82 Å². The Morgan fingerprint density at radius 2 is 1.90 bits per heavy atom. The molecular weight excluding hydrogens is 266 g/mol. The van der Waals surface area contributed by atoms with Crippen LogP contribution in [0.15, 0.2) is 22.7 Å². The number of aryl methyl sites for hydroxylation is 3. The summed E-state index contributed by atoms with van der Waals surface area (Å²) < 4.78 is 5.02. The molecule has 2 aromatic heterocycles. The van der Waals surface area contributed by atoms with Crippen molar-refractivity contribution in [3.05, 3.63) is 41.3 Å². The van der Waals surface area contributed by atoms with Crippen molar-refractivity contribution in [1.82, 2.24) is 20.1 Å². The van der Waals surface area contributed by atoms with Crippen LogP contribution >= 0.6 is 0 Å². The van der Waals surface area contributed by atoms with Gasteiger partial charge >= 0.3 is 0 Å². The summed E-state index contributed by atoms with van der Waals surface area (Å²) in [6, 6.07) is 5.94. The molecular formula is C15H17N5O. The van der Waals surface area contributed by atoms with Gasteiger partial charge in [0.1, 0.15) is 11.6 Å². The largest absolute Gasteiger partial charge is 0.360 e. The van der Waals surface area contributed by atoms with Crippen molar-refractivity contribution in [3.8, 4) is 0 Å². The molecule has 0 saturated heterocycles. The Labute approximate surface area is 122 Å². The fraction of sp³-hybridized carbons (Fsp3) is 0.333. The van der Waals surface area contributed by atoms with Crippen LogP contribution in [0.3, 0.4) is 0 Å². The Morgan fingerprint density at radius 1 is 1.10 bits per heavy atom. The van der Waals surface area contributed by atoms with Crippen LogP contribution in [-0.4, -0.2) is 20.1 Å². The molecule has 21 heavy (non-hydrogen) atoms. The van der Waals surface area contributed by atoms with E-state index < -0.39 is 0 Å². The summed E-state index contributed by atoms with van der Waals surface area (Å²) in [4.78, 5) is 13.3. The highest BCUT2D eigenvalue weighted by atomic mass is 16.5. The van der Waals surface area contributed by atoms with Crippen molar-refractivity contribution < 1.29 is 4.52 Å². The molecule has 0 radical (unpaired) electrons. The van der Waals surface area contributed by atoms with E-state index in [9.17, 15) is 0 Å². The molecule has 0 aliphatic heterocycles. The lowest BCUT2D eigenvalue weighted by molar-refractivity contribution is 0.385. The molecule has 0 bridgehead atoms. The SMILES string of the molecule is Cc1nc(NC(C)c2noc(C)n2)c2c(C)cccc2n1. The van der Waals surface area contributed by atoms with Crippen LogP contribution in [0, 0.1) is 20.8 Å². The maximum absolute atomic E-state index is 5.02. The molecule has 0 amide bonds. The van der Waals surface area contributed by atoms with E-state index in [-0.39, 0.29) is 6.04 Å². The molecule has 3 aromatic rings. The van der Waals surface area contributed by atoms with Gasteiger partial charge in [-0.1, -0.05) is 17.3 Å². The maximum atomic E-state index is 5.02. The van der Waals surface area contributed by atoms with Gasteiger partial charge in [-0.05, 0) is 32.4 Å². The Morgan fingerprint density at radius 3 is 2.62 bits per heavy atom. The highest BCUT2D eigenvalue weighted by Gasteiger charge is 2.15. The predicted octanol–water partition coefficient (Wildman–Crippen LogP) is 3.11. The quantitative estimate of drug-likeness (QED) is 0.796. The van der Waals surface area contributed by atoms with Gasteiger partial charge in [0.2, 0.25) is 5.89 Å². The normalized spacial score (nSPS) is 12.6. The zero-order chi connectivity index (χ0) is 15.0. The van der Waals surface area contributed by atoms with Gasteiger partial charge in [0.05, 0.1) is 11.6 Å². The second-order valence-electron chi connectivity index (χ2n) is 5.13. The summed E-state index contributed by atoms with van der Waals surface area (Å²) in [6.45, 7) is 7.69. The van der Waals surface area contributed by atoms with Crippen LogP contribution < -0.4 is 5.32 Å². The third-order valence-electron chi connectivity index (χ3n) is 3.33. The van der Waals surface area contributed by atoms with E-state index in [0.717, 1.165) is 28.1 Å². The van der Waals surface area contributed by atoms with Gasteiger partial charge in [-0.2, -0.15) is 4.98 Å². The van der Waals surface area contributed by atoms with E-state index in [0.29, 0.717) is 11.7 Å². The first kappa shape index (κ1) is 13.5. The van der Waals surface area contributed by atoms with Crippen molar-refractivity contribution in [2.24, 2.45) is 0 Å². The maximum Gasteiger partial charge on any atom is 0.223 e. The van der Waals surface area contributed by atoms with Gasteiger partial charge in [-0.3, -0.25) is 0 Å². The van der Waals surface area contributed by atoms with Crippen molar-refractivity contribution in [1.29, 1.82) is 0 Å². The lowest BCUT2D eigenvalue weighted by atomic mass is 10.1. The summed E-state index contributed by atoms with van der Waals surface area (Å²) in [5.41, 5.74) is 2.06. The van der Waals surface area contributed by atoms with Gasteiger partial charge < -0.3 is 9.84 Å². The number of nitrogens with one attached hydrogen (secondary N) is 1. The monoisotopic (exact) mass is 283 g/mol. The summed E-state index contributed by atoms with van der Waals surface area (Å²) in [5.74, 6) is 2.70. The number of rotatable bonds is 3. The molecule has 3 rings (SSSR count). The number of nitrogens with zero attached hydrogens (tertiary/aromatic N) is 4. The van der Waals surface area contributed by atoms with Crippen LogP contribution in [-0.2, 0) is 0 Å². The molecule has 0 saturated carbocycles. The standard InChI is InChI=1S/C15H17N5O/c1-8-6-5-7-12-13(8)15(18-10(3)17-12)16-9(2)14-19-11(4)21-20-14/h5-7,9H,1-4H3,(H,16,17,18). The van der Waals surface area contributed by atoms with E-state index in [1.165, 1.54) is 0 Å². The number of anilines is 1. The second-order valence-corrected chi connectivity index (χ2v) is 5.13. The number of benzene rings is 1. The molecule has 0 fully saturated rings. The zero-order valence-electron chi connectivity index (χ0n) is 12.5. The van der Waals surface area contributed by atoms with E-state index in [1.807, 2.05) is 26.0 Å². The van der Waals surface area contributed by atoms with E-state index in [1.54, 1.807) is 6.92 Å². The lowest BCUT2D eigenvalue weighted by Crippen LogP contribution is -2.11. The molecule has 1 unspecified atom stereocenters. The first-order chi connectivity index (χ1) is 10.0. The minimum absolute atomic E-state index is 0.0976. The first-order valence-electron chi connectivity index (χ1n) is 6.85. The topological polar surface area (TPSA) is 76.7 Å². The molecule has 2 heterocycles. The molecule has 0 aliphatic rings. The van der Waals surface area contributed by atoms with E-state index in [2.05, 4.69) is 38.4 Å². The summed E-state index contributed by atoms with van der Waals surface area (Å²) >= 11 is 0. The van der Waals surface area contributed by atoms with Crippen molar-refractivity contribution in [2.75, 3.05) is 5.32 Å². The van der Waals surface area contributed by atoms with E-state index in [4.69, 9.17) is 4.52 Å². The fourth-order valence-electron chi connectivity index (χ4n) is 2.34. The summed E-state index contributed by atoms with van der Waals surface area (Å²) in [5, 5.41) is 8.33.